The molecule has 5 nitrogen and oxygen atoms in total. The highest BCUT2D eigenvalue weighted by molar-refractivity contribution is 7.22. The normalized spacial score (nSPS) is 17.0. The Kier molecular flexibility index (Phi) is 2.99. The molecule has 4 rings (SSSR count). The Hall–Kier alpha value is -1.92. The SMILES string of the molecule is COC1(c2nccn2C)CN(c2nc3cccc(C)c3s2)C1. The molecule has 0 aliphatic carbocycles. The molecule has 0 amide bonds. The second kappa shape index (κ2) is 4.79. The molecule has 1 fully saturated rings. The second-order valence-corrected chi connectivity index (χ2v) is 6.81. The predicted molar refractivity (Wildman–Crippen MR) is 88.5 cm³/mol. The molecule has 0 radical (unpaired) electrons. The van der Waals surface area contributed by atoms with Gasteiger partial charge in [0.05, 0.1) is 23.3 Å². The summed E-state index contributed by atoms with van der Waals surface area (Å²) in [5, 5.41) is 1.06. The van der Waals surface area contributed by atoms with Crippen LogP contribution < -0.4 is 4.90 Å². The van der Waals surface area contributed by atoms with Gasteiger partial charge in [-0.2, -0.15) is 0 Å². The van der Waals surface area contributed by atoms with Crippen molar-refractivity contribution in [2.24, 2.45) is 7.05 Å². The van der Waals surface area contributed by atoms with Crippen molar-refractivity contribution in [2.75, 3.05) is 25.1 Å². The molecule has 0 atom stereocenters. The molecular weight excluding hydrogens is 296 g/mol. The lowest BCUT2D eigenvalue weighted by atomic mass is 9.93. The quantitative estimate of drug-likeness (QED) is 0.745. The summed E-state index contributed by atoms with van der Waals surface area (Å²) in [6, 6.07) is 6.27. The van der Waals surface area contributed by atoms with Gasteiger partial charge in [0, 0.05) is 26.6 Å². The second-order valence-electron chi connectivity index (χ2n) is 5.84. The predicted octanol–water partition coefficient (Wildman–Crippen LogP) is 2.70. The minimum absolute atomic E-state index is 0.328. The highest BCUT2D eigenvalue weighted by Gasteiger charge is 2.48. The lowest BCUT2D eigenvalue weighted by molar-refractivity contribution is -0.0472. The van der Waals surface area contributed by atoms with Crippen molar-refractivity contribution in [3.05, 3.63) is 42.0 Å². The summed E-state index contributed by atoms with van der Waals surface area (Å²) >= 11 is 1.75. The number of hydrogen-bond acceptors (Lipinski definition) is 5. The number of anilines is 1. The van der Waals surface area contributed by atoms with Gasteiger partial charge in [0.25, 0.3) is 0 Å². The first-order valence-electron chi connectivity index (χ1n) is 7.27. The van der Waals surface area contributed by atoms with Crippen LogP contribution in [-0.4, -0.2) is 34.7 Å². The number of nitrogens with zero attached hydrogens (tertiary/aromatic N) is 4. The van der Waals surface area contributed by atoms with Gasteiger partial charge in [0.15, 0.2) is 10.7 Å². The van der Waals surface area contributed by atoms with Crippen molar-refractivity contribution < 1.29 is 4.74 Å². The largest absolute Gasteiger partial charge is 0.367 e. The maximum atomic E-state index is 5.80. The number of imidazole rings is 1. The fourth-order valence-corrected chi connectivity index (χ4v) is 4.11. The summed E-state index contributed by atoms with van der Waals surface area (Å²) in [6.07, 6.45) is 3.78. The van der Waals surface area contributed by atoms with Gasteiger partial charge < -0.3 is 14.2 Å². The van der Waals surface area contributed by atoms with E-state index in [0.29, 0.717) is 0 Å². The summed E-state index contributed by atoms with van der Waals surface area (Å²) < 4.78 is 9.10. The molecule has 1 aromatic carbocycles. The maximum absolute atomic E-state index is 5.80. The summed E-state index contributed by atoms with van der Waals surface area (Å²) in [4.78, 5) is 11.5. The highest BCUT2D eigenvalue weighted by atomic mass is 32.1. The van der Waals surface area contributed by atoms with Crippen LogP contribution in [0.5, 0.6) is 0 Å². The summed E-state index contributed by atoms with van der Waals surface area (Å²) in [5.74, 6) is 0.976. The standard InChI is InChI=1S/C16H18N4OS/c1-11-5-4-6-12-13(11)22-15(18-12)20-9-16(10-20,21-3)14-17-7-8-19(14)2/h4-8H,9-10H2,1-3H3. The molecule has 0 N–H and O–H groups in total. The molecule has 1 saturated heterocycles. The molecule has 0 bridgehead atoms. The topological polar surface area (TPSA) is 43.2 Å². The number of ether oxygens (including phenoxy) is 1. The van der Waals surface area contributed by atoms with Crippen molar-refractivity contribution in [3.63, 3.8) is 0 Å². The Bertz CT molecular complexity index is 832. The fraction of sp³-hybridized carbons (Fsp3) is 0.375. The lowest BCUT2D eigenvalue weighted by Gasteiger charge is -2.48. The third-order valence-electron chi connectivity index (χ3n) is 4.38. The van der Waals surface area contributed by atoms with E-state index in [0.717, 1.165) is 29.6 Å². The average molecular weight is 314 g/mol. The number of rotatable bonds is 3. The molecule has 0 spiro atoms. The highest BCUT2D eigenvalue weighted by Crippen LogP contribution is 2.40. The fourth-order valence-electron chi connectivity index (χ4n) is 3.08. The monoisotopic (exact) mass is 314 g/mol. The van der Waals surface area contributed by atoms with E-state index in [9.17, 15) is 0 Å². The van der Waals surface area contributed by atoms with E-state index in [1.165, 1.54) is 10.3 Å². The zero-order chi connectivity index (χ0) is 15.3. The van der Waals surface area contributed by atoms with Gasteiger partial charge in [-0.05, 0) is 18.6 Å². The van der Waals surface area contributed by atoms with E-state index in [4.69, 9.17) is 9.72 Å². The van der Waals surface area contributed by atoms with Crippen molar-refractivity contribution in [1.82, 2.24) is 14.5 Å². The molecule has 0 unspecified atom stereocenters. The maximum Gasteiger partial charge on any atom is 0.186 e. The van der Waals surface area contributed by atoms with Crippen LogP contribution in [-0.2, 0) is 17.4 Å². The third-order valence-corrected chi connectivity index (χ3v) is 5.65. The van der Waals surface area contributed by atoms with Crippen LogP contribution in [0.1, 0.15) is 11.4 Å². The molecule has 2 aromatic heterocycles. The van der Waals surface area contributed by atoms with Crippen LogP contribution in [0.15, 0.2) is 30.6 Å². The van der Waals surface area contributed by atoms with E-state index in [1.807, 2.05) is 24.0 Å². The van der Waals surface area contributed by atoms with Gasteiger partial charge >= 0.3 is 0 Å². The van der Waals surface area contributed by atoms with E-state index in [-0.39, 0.29) is 5.60 Å². The van der Waals surface area contributed by atoms with Gasteiger partial charge in [-0.3, -0.25) is 0 Å². The number of methoxy groups -OCH3 is 1. The lowest BCUT2D eigenvalue weighted by Crippen LogP contribution is -2.61. The Labute approximate surface area is 133 Å². The summed E-state index contributed by atoms with van der Waals surface area (Å²) in [7, 11) is 3.77. The number of benzene rings is 1. The Morgan fingerprint density at radius 2 is 2.14 bits per heavy atom. The average Bonchev–Trinajstić information content (AvgIpc) is 3.07. The van der Waals surface area contributed by atoms with Crippen molar-refractivity contribution in [2.45, 2.75) is 12.5 Å². The minimum atomic E-state index is -0.328. The van der Waals surface area contributed by atoms with Crippen molar-refractivity contribution >= 4 is 26.7 Å². The molecule has 6 heteroatoms. The van der Waals surface area contributed by atoms with Gasteiger partial charge in [-0.15, -0.1) is 0 Å². The minimum Gasteiger partial charge on any atom is -0.367 e. The first-order valence-corrected chi connectivity index (χ1v) is 8.09. The Morgan fingerprint density at radius 1 is 1.32 bits per heavy atom. The van der Waals surface area contributed by atoms with Gasteiger partial charge in [0.2, 0.25) is 0 Å². The first-order chi connectivity index (χ1) is 10.6. The van der Waals surface area contributed by atoms with Crippen molar-refractivity contribution in [3.8, 4) is 0 Å². The number of thiazole rings is 1. The Morgan fingerprint density at radius 3 is 2.77 bits per heavy atom. The molecule has 22 heavy (non-hydrogen) atoms. The van der Waals surface area contributed by atoms with E-state index >= 15 is 0 Å². The first kappa shape index (κ1) is 13.7. The van der Waals surface area contributed by atoms with Crippen LogP contribution in [0.4, 0.5) is 5.13 Å². The summed E-state index contributed by atoms with van der Waals surface area (Å²) in [6.45, 7) is 3.70. The third kappa shape index (κ3) is 1.87. The molecule has 0 saturated carbocycles. The molecular formula is C16H18N4OS. The zero-order valence-electron chi connectivity index (χ0n) is 12.9. The van der Waals surface area contributed by atoms with Crippen molar-refractivity contribution in [1.29, 1.82) is 0 Å². The van der Waals surface area contributed by atoms with Crippen LogP contribution in [0, 0.1) is 6.92 Å². The number of aromatic nitrogens is 3. The van der Waals surface area contributed by atoms with E-state index in [2.05, 4.69) is 35.0 Å². The molecule has 3 heterocycles. The van der Waals surface area contributed by atoms with Crippen LogP contribution in [0.25, 0.3) is 10.2 Å². The van der Waals surface area contributed by atoms with Gasteiger partial charge in [-0.1, -0.05) is 23.5 Å². The number of fused-ring (bicyclic) bond motifs is 1. The molecule has 1 aliphatic heterocycles. The van der Waals surface area contributed by atoms with Gasteiger partial charge in [-0.25, -0.2) is 9.97 Å². The van der Waals surface area contributed by atoms with Crippen LogP contribution >= 0.6 is 11.3 Å². The van der Waals surface area contributed by atoms with E-state index < -0.39 is 0 Å². The van der Waals surface area contributed by atoms with Crippen LogP contribution in [0.2, 0.25) is 0 Å². The Balaban J connectivity index is 1.64. The van der Waals surface area contributed by atoms with E-state index in [1.54, 1.807) is 18.4 Å². The zero-order valence-corrected chi connectivity index (χ0v) is 13.7. The molecule has 1 aliphatic rings. The van der Waals surface area contributed by atoms with Gasteiger partial charge in [0.1, 0.15) is 5.82 Å². The molecule has 114 valence electrons. The smallest absolute Gasteiger partial charge is 0.186 e. The summed E-state index contributed by atoms with van der Waals surface area (Å²) in [5.41, 5.74) is 2.03. The molecule has 3 aromatic rings. The van der Waals surface area contributed by atoms with Crippen LogP contribution in [0.3, 0.4) is 0 Å². The number of aryl methyl sites for hydroxylation is 2. The number of hydrogen-bond donors (Lipinski definition) is 0.